The van der Waals surface area contributed by atoms with Crippen molar-refractivity contribution in [2.75, 3.05) is 0 Å². The zero-order chi connectivity index (χ0) is 35.9. The monoisotopic (exact) mass is 712 g/mol. The molecule has 3 aliphatic rings. The lowest BCUT2D eigenvalue weighted by atomic mass is 9.60. The number of hydrogen-bond acceptors (Lipinski definition) is 4. The Labute approximate surface area is 302 Å². The highest BCUT2D eigenvalue weighted by Gasteiger charge is 2.50. The van der Waals surface area contributed by atoms with E-state index in [1.807, 2.05) is 0 Å². The highest BCUT2D eigenvalue weighted by atomic mass is 32.1. The smallest absolute Gasteiger partial charge is 0.192 e. The summed E-state index contributed by atoms with van der Waals surface area (Å²) in [5.41, 5.74) is 5.82. The van der Waals surface area contributed by atoms with E-state index in [2.05, 4.69) is 112 Å². The highest BCUT2D eigenvalue weighted by molar-refractivity contribution is 7.10. The summed E-state index contributed by atoms with van der Waals surface area (Å²) in [6.07, 6.45) is 16.4. The van der Waals surface area contributed by atoms with Crippen LogP contribution in [0.15, 0.2) is 46.9 Å². The van der Waals surface area contributed by atoms with Crippen LogP contribution in [-0.2, 0) is 8.85 Å². The second kappa shape index (κ2) is 15.1. The summed E-state index contributed by atoms with van der Waals surface area (Å²) in [6.45, 7) is 35.5. The molecule has 0 amide bonds. The van der Waals surface area contributed by atoms with Crippen molar-refractivity contribution in [2.45, 2.75) is 181 Å². The van der Waals surface area contributed by atoms with Crippen LogP contribution < -0.4 is 0 Å². The minimum absolute atomic E-state index is 0.0229. The fraction of sp³-hybridized carbons (Fsp3) is 0.762. The van der Waals surface area contributed by atoms with E-state index < -0.39 is 16.6 Å². The summed E-state index contributed by atoms with van der Waals surface area (Å²) in [5, 5.41) is 13.2. The zero-order valence-corrected chi connectivity index (χ0v) is 36.0. The van der Waals surface area contributed by atoms with Crippen LogP contribution in [0.5, 0.6) is 0 Å². The van der Waals surface area contributed by atoms with Crippen molar-refractivity contribution >= 4 is 28.0 Å². The first-order valence-electron chi connectivity index (χ1n) is 19.2. The Morgan fingerprint density at radius 3 is 2.27 bits per heavy atom. The van der Waals surface area contributed by atoms with E-state index in [0.717, 1.165) is 36.5 Å². The summed E-state index contributed by atoms with van der Waals surface area (Å²) in [5.74, 6) is 2.12. The highest BCUT2D eigenvalue weighted by Crippen LogP contribution is 2.60. The lowest BCUT2D eigenvalue weighted by molar-refractivity contribution is 0.0899. The van der Waals surface area contributed by atoms with Crippen molar-refractivity contribution in [1.82, 2.24) is 0 Å². The molecule has 3 nitrogen and oxygen atoms in total. The van der Waals surface area contributed by atoms with E-state index in [1.165, 1.54) is 55.2 Å². The van der Waals surface area contributed by atoms with Gasteiger partial charge < -0.3 is 14.0 Å². The minimum Gasteiger partial charge on any atom is -0.413 e. The molecule has 0 aromatic carbocycles. The van der Waals surface area contributed by atoms with E-state index >= 15 is 0 Å². The lowest BCUT2D eigenvalue weighted by Crippen LogP contribution is -2.49. The number of aryl methyl sites for hydroxylation is 1. The minimum atomic E-state index is -1.98. The third kappa shape index (κ3) is 8.99. The lowest BCUT2D eigenvalue weighted by Gasteiger charge is -2.46. The van der Waals surface area contributed by atoms with Gasteiger partial charge in [0.2, 0.25) is 0 Å². The molecule has 1 N–H and O–H groups in total. The molecule has 1 unspecified atom stereocenters. The molecule has 0 saturated heterocycles. The van der Waals surface area contributed by atoms with Gasteiger partial charge >= 0.3 is 0 Å². The van der Waals surface area contributed by atoms with Crippen molar-refractivity contribution in [3.63, 3.8) is 0 Å². The van der Waals surface area contributed by atoms with Gasteiger partial charge in [-0.1, -0.05) is 92.5 Å². The average Bonchev–Trinajstić information content (AvgIpc) is 3.55. The van der Waals surface area contributed by atoms with E-state index in [-0.39, 0.29) is 28.4 Å². The Hall–Kier alpha value is -0.766. The van der Waals surface area contributed by atoms with E-state index in [4.69, 9.17) is 15.4 Å². The summed E-state index contributed by atoms with van der Waals surface area (Å²) >= 11 is 1.70. The standard InChI is InChI=1S/C42H72O3SSi2/c1-29-25-39(46-28-29)37(43)19-15-17-30(2)35-22-23-36-32(18-16-24-42(35,36)10)20-21-33-26-34(44-47(11,12)40(4,5)6)27-38(31(33)3)45-48(13,14)41(7,8)9/h20-21,25,28,30,34-38,43H,3,15-19,22-24,26-27H2,1-2,4-14H3/b32-20+,33-21-/t30-,34-,35-,36+,37?,38+,42-/m1/s1. The van der Waals surface area contributed by atoms with Gasteiger partial charge in [-0.15, -0.1) is 11.3 Å². The average molecular weight is 713 g/mol. The molecule has 0 spiro atoms. The first-order valence-corrected chi connectivity index (χ1v) is 25.9. The van der Waals surface area contributed by atoms with Gasteiger partial charge in [-0.3, -0.25) is 0 Å². The molecule has 7 atom stereocenters. The van der Waals surface area contributed by atoms with Gasteiger partial charge in [-0.2, -0.15) is 0 Å². The van der Waals surface area contributed by atoms with E-state index in [0.29, 0.717) is 17.3 Å². The summed E-state index contributed by atoms with van der Waals surface area (Å²) in [4.78, 5) is 1.13. The molecule has 6 heteroatoms. The molecule has 272 valence electrons. The number of aliphatic hydroxyl groups is 1. The van der Waals surface area contributed by atoms with Crippen LogP contribution in [0.3, 0.4) is 0 Å². The van der Waals surface area contributed by atoms with Crippen molar-refractivity contribution in [3.8, 4) is 0 Å². The normalized spacial score (nSPS) is 30.6. The predicted molar refractivity (Wildman–Crippen MR) is 214 cm³/mol. The van der Waals surface area contributed by atoms with Gasteiger partial charge in [0, 0.05) is 11.3 Å². The van der Waals surface area contributed by atoms with Gasteiger partial charge in [0.15, 0.2) is 16.6 Å². The van der Waals surface area contributed by atoms with Crippen LogP contribution in [-0.4, -0.2) is 33.9 Å². The van der Waals surface area contributed by atoms with Crippen molar-refractivity contribution in [1.29, 1.82) is 0 Å². The molecule has 3 fully saturated rings. The number of fused-ring (bicyclic) bond motifs is 1. The molecule has 1 aromatic heterocycles. The zero-order valence-electron chi connectivity index (χ0n) is 33.2. The summed E-state index contributed by atoms with van der Waals surface area (Å²) in [7, 11) is -3.92. The maximum Gasteiger partial charge on any atom is 0.192 e. The second-order valence-electron chi connectivity index (χ2n) is 19.3. The Kier molecular flexibility index (Phi) is 12.6. The van der Waals surface area contributed by atoms with Crippen LogP contribution in [0.25, 0.3) is 0 Å². The largest absolute Gasteiger partial charge is 0.413 e. The number of aliphatic hydroxyl groups excluding tert-OH is 1. The van der Waals surface area contributed by atoms with Gasteiger partial charge in [0.05, 0.1) is 18.3 Å². The Morgan fingerprint density at radius 2 is 1.67 bits per heavy atom. The Balaban J connectivity index is 1.50. The Bertz CT molecular complexity index is 1320. The first-order chi connectivity index (χ1) is 22.1. The SMILES string of the molecule is C=C1/C(=C\C=C2/CCC[C@]3(C)[C@@H]([C@H](C)CCCC(O)c4cc(C)cs4)CC[C@@H]23)C[C@@H](O[Si](C)(C)C(C)(C)C)C[C@@H]1O[Si](C)(C)C(C)(C)C. The molecule has 3 aliphatic carbocycles. The van der Waals surface area contributed by atoms with Gasteiger partial charge in [0.1, 0.15) is 0 Å². The topological polar surface area (TPSA) is 38.7 Å². The van der Waals surface area contributed by atoms with Crippen LogP contribution in [0, 0.1) is 30.1 Å². The first kappa shape index (κ1) is 40.0. The molecule has 4 rings (SSSR count). The molecular weight excluding hydrogens is 641 g/mol. The van der Waals surface area contributed by atoms with E-state index in [9.17, 15) is 5.11 Å². The van der Waals surface area contributed by atoms with Crippen LogP contribution >= 0.6 is 11.3 Å². The predicted octanol–water partition coefficient (Wildman–Crippen LogP) is 13.1. The third-order valence-electron chi connectivity index (χ3n) is 13.7. The molecule has 3 saturated carbocycles. The van der Waals surface area contributed by atoms with Crippen molar-refractivity contribution < 1.29 is 14.0 Å². The molecule has 1 heterocycles. The van der Waals surface area contributed by atoms with E-state index in [1.54, 1.807) is 16.9 Å². The molecule has 0 aliphatic heterocycles. The van der Waals surface area contributed by atoms with Crippen LogP contribution in [0.4, 0.5) is 0 Å². The maximum absolute atomic E-state index is 10.8. The fourth-order valence-electron chi connectivity index (χ4n) is 8.58. The van der Waals surface area contributed by atoms with Crippen LogP contribution in [0.1, 0.15) is 136 Å². The molecule has 0 radical (unpaired) electrons. The summed E-state index contributed by atoms with van der Waals surface area (Å²) < 4.78 is 14.2. The number of allylic oxidation sites excluding steroid dienone is 3. The third-order valence-corrected chi connectivity index (χ3v) is 23.8. The molecule has 1 aromatic rings. The van der Waals surface area contributed by atoms with Gasteiger partial charge in [0.25, 0.3) is 0 Å². The molecule has 48 heavy (non-hydrogen) atoms. The summed E-state index contributed by atoms with van der Waals surface area (Å²) in [6, 6.07) is 2.15. The van der Waals surface area contributed by atoms with Crippen molar-refractivity contribution in [3.05, 3.63) is 57.3 Å². The number of rotatable bonds is 11. The molecule has 0 bridgehead atoms. The second-order valence-corrected chi connectivity index (χ2v) is 29.8. The van der Waals surface area contributed by atoms with Crippen molar-refractivity contribution in [2.24, 2.45) is 23.2 Å². The van der Waals surface area contributed by atoms with Gasteiger partial charge in [-0.05, 0) is 139 Å². The maximum atomic E-state index is 10.8. The fourth-order valence-corrected chi connectivity index (χ4v) is 12.2. The Morgan fingerprint density at radius 1 is 1.02 bits per heavy atom. The molecular formula is C42H72O3SSi2. The van der Waals surface area contributed by atoms with Gasteiger partial charge in [-0.25, -0.2) is 0 Å². The number of hydrogen-bond donors (Lipinski definition) is 1. The number of thiophene rings is 1. The quantitative estimate of drug-likeness (QED) is 0.232. The van der Waals surface area contributed by atoms with Crippen LogP contribution in [0.2, 0.25) is 36.3 Å².